The zero-order valence-electron chi connectivity index (χ0n) is 17.6. The van der Waals surface area contributed by atoms with Gasteiger partial charge in [0.25, 0.3) is 21.8 Å². The SMILES string of the molecule is CCNC(=O)c1ccc(S(=O)(=O)NC(=O)c2ccc(OC(=O)NCCOCC)nc2)cc1. The number of amides is 3. The summed E-state index contributed by atoms with van der Waals surface area (Å²) in [6, 6.07) is 7.65. The van der Waals surface area contributed by atoms with Crippen molar-refractivity contribution in [3.8, 4) is 5.88 Å². The molecule has 1 aromatic heterocycles. The summed E-state index contributed by atoms with van der Waals surface area (Å²) in [5.74, 6) is -1.32. The molecule has 0 aliphatic rings. The van der Waals surface area contributed by atoms with Gasteiger partial charge < -0.3 is 20.1 Å². The summed E-state index contributed by atoms with van der Waals surface area (Å²) < 4.78 is 36.8. The van der Waals surface area contributed by atoms with Crippen LogP contribution in [0.2, 0.25) is 0 Å². The van der Waals surface area contributed by atoms with Gasteiger partial charge in [0.15, 0.2) is 0 Å². The highest BCUT2D eigenvalue weighted by Crippen LogP contribution is 2.13. The van der Waals surface area contributed by atoms with E-state index in [1.165, 1.54) is 36.4 Å². The van der Waals surface area contributed by atoms with Crippen molar-refractivity contribution >= 4 is 27.9 Å². The number of sulfonamides is 1. The first-order valence-corrected chi connectivity index (χ1v) is 11.2. The monoisotopic (exact) mass is 464 g/mol. The molecule has 0 fully saturated rings. The van der Waals surface area contributed by atoms with Crippen LogP contribution in [0.5, 0.6) is 5.88 Å². The highest BCUT2D eigenvalue weighted by molar-refractivity contribution is 7.90. The van der Waals surface area contributed by atoms with Gasteiger partial charge in [0, 0.05) is 37.5 Å². The number of carbonyl (C=O) groups is 3. The van der Waals surface area contributed by atoms with E-state index in [0.29, 0.717) is 25.3 Å². The lowest BCUT2D eigenvalue weighted by Crippen LogP contribution is -2.31. The molecule has 32 heavy (non-hydrogen) atoms. The third-order valence-electron chi connectivity index (χ3n) is 3.91. The fourth-order valence-electron chi connectivity index (χ4n) is 2.36. The van der Waals surface area contributed by atoms with Crippen molar-refractivity contribution in [2.24, 2.45) is 0 Å². The van der Waals surface area contributed by atoms with Crippen LogP contribution in [-0.2, 0) is 14.8 Å². The quantitative estimate of drug-likeness (QED) is 0.442. The van der Waals surface area contributed by atoms with Crippen LogP contribution in [0.25, 0.3) is 0 Å². The molecule has 0 aliphatic carbocycles. The molecule has 0 bridgehead atoms. The van der Waals surface area contributed by atoms with E-state index in [1.807, 2.05) is 11.6 Å². The van der Waals surface area contributed by atoms with Gasteiger partial charge in [-0.25, -0.2) is 22.9 Å². The van der Waals surface area contributed by atoms with Gasteiger partial charge in [-0.05, 0) is 44.2 Å². The summed E-state index contributed by atoms with van der Waals surface area (Å²) in [4.78, 5) is 39.3. The second-order valence-corrected chi connectivity index (χ2v) is 7.90. The van der Waals surface area contributed by atoms with Crippen molar-refractivity contribution in [3.05, 3.63) is 53.7 Å². The van der Waals surface area contributed by atoms with E-state index >= 15 is 0 Å². The minimum atomic E-state index is -4.17. The summed E-state index contributed by atoms with van der Waals surface area (Å²) in [6.07, 6.45) is 0.333. The molecule has 0 unspecified atom stereocenters. The second-order valence-electron chi connectivity index (χ2n) is 6.22. The first kappa shape index (κ1) is 24.8. The number of pyridine rings is 1. The molecule has 11 nitrogen and oxygen atoms in total. The summed E-state index contributed by atoms with van der Waals surface area (Å²) in [5, 5.41) is 5.06. The molecule has 1 heterocycles. The van der Waals surface area contributed by atoms with Crippen molar-refractivity contribution < 1.29 is 32.3 Å². The second kappa shape index (κ2) is 11.8. The zero-order chi connectivity index (χ0) is 23.6. The Labute approximate surface area is 185 Å². The highest BCUT2D eigenvalue weighted by Gasteiger charge is 2.20. The lowest BCUT2D eigenvalue weighted by Gasteiger charge is -2.09. The third kappa shape index (κ3) is 7.32. The molecule has 2 aromatic rings. The number of nitrogens with one attached hydrogen (secondary N) is 3. The molecule has 1 aromatic carbocycles. The van der Waals surface area contributed by atoms with Crippen LogP contribution < -0.4 is 20.1 Å². The van der Waals surface area contributed by atoms with Gasteiger partial charge in [-0.15, -0.1) is 0 Å². The van der Waals surface area contributed by atoms with E-state index in [-0.39, 0.29) is 28.8 Å². The van der Waals surface area contributed by atoms with Crippen LogP contribution in [0.4, 0.5) is 4.79 Å². The third-order valence-corrected chi connectivity index (χ3v) is 5.25. The lowest BCUT2D eigenvalue weighted by atomic mass is 10.2. The molecule has 2 rings (SSSR count). The van der Waals surface area contributed by atoms with Gasteiger partial charge in [0.05, 0.1) is 17.1 Å². The molecule has 0 saturated carbocycles. The number of ether oxygens (including phenoxy) is 2. The van der Waals surface area contributed by atoms with E-state index in [4.69, 9.17) is 9.47 Å². The number of hydrogen-bond donors (Lipinski definition) is 3. The molecule has 12 heteroatoms. The van der Waals surface area contributed by atoms with Gasteiger partial charge >= 0.3 is 6.09 Å². The van der Waals surface area contributed by atoms with Crippen molar-refractivity contribution in [3.63, 3.8) is 0 Å². The Morgan fingerprint density at radius 2 is 1.62 bits per heavy atom. The largest absolute Gasteiger partial charge is 0.414 e. The van der Waals surface area contributed by atoms with Gasteiger partial charge in [-0.1, -0.05) is 0 Å². The minimum Gasteiger partial charge on any atom is -0.391 e. The van der Waals surface area contributed by atoms with E-state index in [2.05, 4.69) is 15.6 Å². The zero-order valence-corrected chi connectivity index (χ0v) is 18.4. The molecular weight excluding hydrogens is 440 g/mol. The average Bonchev–Trinajstić information content (AvgIpc) is 2.77. The first-order chi connectivity index (χ1) is 15.3. The molecule has 0 atom stereocenters. The summed E-state index contributed by atoms with van der Waals surface area (Å²) in [5.41, 5.74) is 0.232. The predicted molar refractivity (Wildman–Crippen MR) is 114 cm³/mol. The standard InChI is InChI=1S/C20H24N4O7S/c1-3-21-18(25)14-5-8-16(9-6-14)32(28,29)24-19(26)15-7-10-17(23-13-15)31-20(27)22-11-12-30-4-2/h5-10,13H,3-4,11-12H2,1-2H3,(H,21,25)(H,22,27)(H,24,26). The van der Waals surface area contributed by atoms with Gasteiger partial charge in [0.1, 0.15) is 0 Å². The van der Waals surface area contributed by atoms with Crippen LogP contribution in [0.3, 0.4) is 0 Å². The maximum absolute atomic E-state index is 12.4. The van der Waals surface area contributed by atoms with Gasteiger partial charge in [0.2, 0.25) is 5.88 Å². The first-order valence-electron chi connectivity index (χ1n) is 9.71. The molecule has 0 aliphatic heterocycles. The van der Waals surface area contributed by atoms with Crippen LogP contribution in [0.1, 0.15) is 34.6 Å². The maximum Gasteiger partial charge on any atom is 0.414 e. The smallest absolute Gasteiger partial charge is 0.391 e. The predicted octanol–water partition coefficient (Wildman–Crippen LogP) is 1.07. The van der Waals surface area contributed by atoms with Crippen molar-refractivity contribution in [1.29, 1.82) is 0 Å². The van der Waals surface area contributed by atoms with Crippen molar-refractivity contribution in [2.45, 2.75) is 18.7 Å². The minimum absolute atomic E-state index is 0.0587. The highest BCUT2D eigenvalue weighted by atomic mass is 32.2. The lowest BCUT2D eigenvalue weighted by molar-refractivity contribution is 0.0952. The molecule has 0 saturated heterocycles. The summed E-state index contributed by atoms with van der Waals surface area (Å²) in [7, 11) is -4.17. The van der Waals surface area contributed by atoms with Crippen LogP contribution >= 0.6 is 0 Å². The molecule has 172 valence electrons. The number of hydrogen-bond acceptors (Lipinski definition) is 8. The maximum atomic E-state index is 12.4. The fraction of sp³-hybridized carbons (Fsp3) is 0.300. The number of benzene rings is 1. The van der Waals surface area contributed by atoms with Gasteiger partial charge in [-0.2, -0.15) is 0 Å². The van der Waals surface area contributed by atoms with Crippen molar-refractivity contribution in [2.75, 3.05) is 26.3 Å². The fourth-order valence-corrected chi connectivity index (χ4v) is 3.34. The van der Waals surface area contributed by atoms with E-state index < -0.39 is 22.0 Å². The Balaban J connectivity index is 1.96. The van der Waals surface area contributed by atoms with Crippen LogP contribution in [0.15, 0.2) is 47.5 Å². The van der Waals surface area contributed by atoms with Crippen LogP contribution in [-0.4, -0.2) is 57.6 Å². The Hall–Kier alpha value is -3.51. The van der Waals surface area contributed by atoms with Gasteiger partial charge in [-0.3, -0.25) is 9.59 Å². The Bertz CT molecular complexity index is 1040. The van der Waals surface area contributed by atoms with Crippen molar-refractivity contribution in [1.82, 2.24) is 20.3 Å². The molecule has 3 N–H and O–H groups in total. The molecule has 3 amide bonds. The normalized spacial score (nSPS) is 10.8. The summed E-state index contributed by atoms with van der Waals surface area (Å²) in [6.45, 7) is 5.15. The van der Waals surface area contributed by atoms with E-state index in [9.17, 15) is 22.8 Å². The Morgan fingerprint density at radius 3 is 2.22 bits per heavy atom. The Morgan fingerprint density at radius 1 is 0.938 bits per heavy atom. The van der Waals surface area contributed by atoms with Crippen LogP contribution in [0, 0.1) is 0 Å². The molecule has 0 spiro atoms. The summed E-state index contributed by atoms with van der Waals surface area (Å²) >= 11 is 0. The van der Waals surface area contributed by atoms with E-state index in [1.54, 1.807) is 6.92 Å². The Kier molecular flexibility index (Phi) is 9.10. The number of carbonyl (C=O) groups excluding carboxylic acids is 3. The molecular formula is C20H24N4O7S. The number of nitrogens with zero attached hydrogens (tertiary/aromatic N) is 1. The van der Waals surface area contributed by atoms with E-state index in [0.717, 1.165) is 6.20 Å². The topological polar surface area (TPSA) is 153 Å². The number of aromatic nitrogens is 1. The molecule has 0 radical (unpaired) electrons. The average molecular weight is 465 g/mol. The number of rotatable bonds is 10.